The Labute approximate surface area is 118 Å². The van der Waals surface area contributed by atoms with Gasteiger partial charge in [-0.15, -0.1) is 11.6 Å². The summed E-state index contributed by atoms with van der Waals surface area (Å²) in [7, 11) is 3.22. The zero-order chi connectivity index (χ0) is 13.8. The van der Waals surface area contributed by atoms with Crippen LogP contribution in [0.25, 0.3) is 0 Å². The van der Waals surface area contributed by atoms with E-state index in [1.807, 2.05) is 23.1 Å². The predicted octanol–water partition coefficient (Wildman–Crippen LogP) is 2.61. The first-order valence-corrected chi connectivity index (χ1v) is 6.82. The Balaban J connectivity index is 2.38. The number of hydrogen-bond donors (Lipinski definition) is 0. The second kappa shape index (κ2) is 6.15. The van der Waals surface area contributed by atoms with Crippen LogP contribution in [-0.2, 0) is 4.79 Å². The quantitative estimate of drug-likeness (QED) is 0.798. The molecule has 0 aromatic heterocycles. The fraction of sp³-hybridized carbons (Fsp3) is 0.500. The molecule has 1 heterocycles. The maximum absolute atomic E-state index is 11.9. The van der Waals surface area contributed by atoms with Gasteiger partial charge in [0.2, 0.25) is 5.91 Å². The van der Waals surface area contributed by atoms with Gasteiger partial charge in [0.05, 0.1) is 20.3 Å². The summed E-state index contributed by atoms with van der Waals surface area (Å²) in [6.07, 6.45) is 1.90. The van der Waals surface area contributed by atoms with Crippen molar-refractivity contribution in [3.05, 3.63) is 23.8 Å². The van der Waals surface area contributed by atoms with E-state index in [0.717, 1.165) is 24.9 Å². The molecule has 1 aromatic carbocycles. The number of benzene rings is 1. The van der Waals surface area contributed by atoms with Crippen LogP contribution in [0, 0.1) is 0 Å². The van der Waals surface area contributed by atoms with E-state index in [-0.39, 0.29) is 17.8 Å². The summed E-state index contributed by atoms with van der Waals surface area (Å²) >= 11 is 5.67. The van der Waals surface area contributed by atoms with Crippen LogP contribution in [0.4, 0.5) is 0 Å². The highest BCUT2D eigenvalue weighted by Crippen LogP contribution is 2.41. The molecule has 0 N–H and O–H groups in total. The lowest BCUT2D eigenvalue weighted by Crippen LogP contribution is -2.31. The first kappa shape index (κ1) is 14.0. The molecule has 19 heavy (non-hydrogen) atoms. The van der Waals surface area contributed by atoms with E-state index in [4.69, 9.17) is 21.1 Å². The third-order valence-electron chi connectivity index (χ3n) is 3.48. The molecule has 4 nitrogen and oxygen atoms in total. The van der Waals surface area contributed by atoms with Crippen molar-refractivity contribution in [3.63, 3.8) is 0 Å². The molecule has 104 valence electrons. The molecule has 1 aromatic rings. The number of ether oxygens (including phenoxy) is 2. The topological polar surface area (TPSA) is 38.8 Å². The van der Waals surface area contributed by atoms with E-state index in [0.29, 0.717) is 11.5 Å². The van der Waals surface area contributed by atoms with Gasteiger partial charge < -0.3 is 14.4 Å². The minimum Gasteiger partial charge on any atom is -0.493 e. The summed E-state index contributed by atoms with van der Waals surface area (Å²) < 4.78 is 10.7. The van der Waals surface area contributed by atoms with Crippen LogP contribution in [-0.4, -0.2) is 37.5 Å². The highest BCUT2D eigenvalue weighted by Gasteiger charge is 2.32. The van der Waals surface area contributed by atoms with Crippen molar-refractivity contribution >= 4 is 17.5 Å². The predicted molar refractivity (Wildman–Crippen MR) is 74.0 cm³/mol. The van der Waals surface area contributed by atoms with Gasteiger partial charge in [0, 0.05) is 12.1 Å². The maximum Gasteiger partial charge on any atom is 0.238 e. The van der Waals surface area contributed by atoms with Crippen LogP contribution in [0.2, 0.25) is 0 Å². The fourth-order valence-corrected chi connectivity index (χ4v) is 2.79. The van der Waals surface area contributed by atoms with Gasteiger partial charge in [-0.05, 0) is 18.9 Å². The lowest BCUT2D eigenvalue weighted by molar-refractivity contribution is -0.129. The van der Waals surface area contributed by atoms with E-state index in [9.17, 15) is 4.79 Å². The molecule has 0 saturated carbocycles. The third kappa shape index (κ3) is 2.63. The summed E-state index contributed by atoms with van der Waals surface area (Å²) in [6.45, 7) is 0.747. The molecule has 1 saturated heterocycles. The fourth-order valence-electron chi connectivity index (χ4n) is 2.64. The number of halogens is 1. The molecule has 2 rings (SSSR count). The smallest absolute Gasteiger partial charge is 0.238 e. The number of rotatable bonds is 4. The number of carbonyl (C=O) groups is 1. The molecule has 1 atom stereocenters. The largest absolute Gasteiger partial charge is 0.493 e. The van der Waals surface area contributed by atoms with Crippen LogP contribution < -0.4 is 9.47 Å². The first-order valence-electron chi connectivity index (χ1n) is 6.29. The van der Waals surface area contributed by atoms with Gasteiger partial charge in [0.1, 0.15) is 5.88 Å². The van der Waals surface area contributed by atoms with Gasteiger partial charge in [-0.2, -0.15) is 0 Å². The maximum atomic E-state index is 11.9. The highest BCUT2D eigenvalue weighted by atomic mass is 35.5. The van der Waals surface area contributed by atoms with Crippen LogP contribution in [0.15, 0.2) is 18.2 Å². The molecular weight excluding hydrogens is 266 g/mol. The van der Waals surface area contributed by atoms with Gasteiger partial charge in [0.25, 0.3) is 0 Å². The number of amides is 1. The molecule has 1 amide bonds. The number of carbonyl (C=O) groups excluding carboxylic acids is 1. The van der Waals surface area contributed by atoms with Crippen molar-refractivity contribution in [1.29, 1.82) is 0 Å². The Kier molecular flexibility index (Phi) is 4.53. The van der Waals surface area contributed by atoms with E-state index in [2.05, 4.69) is 0 Å². The van der Waals surface area contributed by atoms with Crippen molar-refractivity contribution in [3.8, 4) is 11.5 Å². The zero-order valence-electron chi connectivity index (χ0n) is 11.2. The molecular formula is C14H18ClNO3. The highest BCUT2D eigenvalue weighted by molar-refractivity contribution is 6.27. The van der Waals surface area contributed by atoms with Crippen molar-refractivity contribution in [2.45, 2.75) is 18.9 Å². The number of hydrogen-bond acceptors (Lipinski definition) is 3. The Morgan fingerprint density at radius 1 is 1.42 bits per heavy atom. The summed E-state index contributed by atoms with van der Waals surface area (Å²) in [4.78, 5) is 13.7. The third-order valence-corrected chi connectivity index (χ3v) is 3.71. The molecule has 0 bridgehead atoms. The lowest BCUT2D eigenvalue weighted by atomic mass is 10.0. The molecule has 1 unspecified atom stereocenters. The van der Waals surface area contributed by atoms with E-state index in [1.54, 1.807) is 14.2 Å². The van der Waals surface area contributed by atoms with Gasteiger partial charge in [-0.25, -0.2) is 0 Å². The van der Waals surface area contributed by atoms with E-state index < -0.39 is 0 Å². The average molecular weight is 284 g/mol. The number of nitrogens with zero attached hydrogens (tertiary/aromatic N) is 1. The average Bonchev–Trinajstić information content (AvgIpc) is 2.94. The SMILES string of the molecule is COc1cccc(C2CCCN2C(=O)CCl)c1OC. The number of methoxy groups -OCH3 is 2. The van der Waals surface area contributed by atoms with Crippen LogP contribution >= 0.6 is 11.6 Å². The van der Waals surface area contributed by atoms with E-state index in [1.165, 1.54) is 0 Å². The summed E-state index contributed by atoms with van der Waals surface area (Å²) in [5.74, 6) is 1.37. The summed E-state index contributed by atoms with van der Waals surface area (Å²) in [5, 5.41) is 0. The second-order valence-corrected chi connectivity index (χ2v) is 4.73. The van der Waals surface area contributed by atoms with Crippen LogP contribution in [0.3, 0.4) is 0 Å². The van der Waals surface area contributed by atoms with Crippen LogP contribution in [0.1, 0.15) is 24.4 Å². The Hall–Kier alpha value is -1.42. The molecule has 0 aliphatic carbocycles. The lowest BCUT2D eigenvalue weighted by Gasteiger charge is -2.26. The minimum atomic E-state index is -0.0333. The standard InChI is InChI=1S/C14H18ClNO3/c1-18-12-7-3-5-10(14(12)19-2)11-6-4-8-16(11)13(17)9-15/h3,5,7,11H,4,6,8-9H2,1-2H3. The molecule has 1 aliphatic rings. The molecule has 5 heteroatoms. The second-order valence-electron chi connectivity index (χ2n) is 4.46. The van der Waals surface area contributed by atoms with Gasteiger partial charge in [-0.1, -0.05) is 12.1 Å². The van der Waals surface area contributed by atoms with E-state index >= 15 is 0 Å². The Morgan fingerprint density at radius 2 is 2.21 bits per heavy atom. The number of para-hydroxylation sites is 1. The zero-order valence-corrected chi connectivity index (χ0v) is 11.9. The normalized spacial score (nSPS) is 18.5. The number of alkyl halides is 1. The van der Waals surface area contributed by atoms with Crippen molar-refractivity contribution in [1.82, 2.24) is 4.90 Å². The Morgan fingerprint density at radius 3 is 2.84 bits per heavy atom. The van der Waals surface area contributed by atoms with Crippen molar-refractivity contribution < 1.29 is 14.3 Å². The molecule has 1 fully saturated rings. The first-order chi connectivity index (χ1) is 9.22. The summed E-state index contributed by atoms with van der Waals surface area (Å²) in [5.41, 5.74) is 0.984. The number of likely N-dealkylation sites (tertiary alicyclic amines) is 1. The monoisotopic (exact) mass is 283 g/mol. The van der Waals surface area contributed by atoms with Gasteiger partial charge in [-0.3, -0.25) is 4.79 Å². The summed E-state index contributed by atoms with van der Waals surface area (Å²) in [6, 6.07) is 5.77. The minimum absolute atomic E-state index is 0.0167. The molecule has 0 radical (unpaired) electrons. The van der Waals surface area contributed by atoms with Crippen molar-refractivity contribution in [2.75, 3.05) is 26.6 Å². The molecule has 1 aliphatic heterocycles. The Bertz CT molecular complexity index is 464. The van der Waals surface area contributed by atoms with Gasteiger partial charge >= 0.3 is 0 Å². The van der Waals surface area contributed by atoms with Crippen molar-refractivity contribution in [2.24, 2.45) is 0 Å². The molecule has 0 spiro atoms. The van der Waals surface area contributed by atoms with Crippen LogP contribution in [0.5, 0.6) is 11.5 Å². The van der Waals surface area contributed by atoms with Gasteiger partial charge in [0.15, 0.2) is 11.5 Å².